The van der Waals surface area contributed by atoms with Gasteiger partial charge in [-0.3, -0.25) is 10.3 Å². The highest BCUT2D eigenvalue weighted by Gasteiger charge is 2.11. The van der Waals surface area contributed by atoms with Crippen LogP contribution in [0.1, 0.15) is 13.8 Å². The van der Waals surface area contributed by atoms with Gasteiger partial charge in [0.25, 0.3) is 0 Å². The van der Waals surface area contributed by atoms with Crippen LogP contribution in [0, 0.1) is 0 Å². The number of nitrogens with one attached hydrogen (secondary N) is 1. The zero-order chi connectivity index (χ0) is 16.9. The van der Waals surface area contributed by atoms with E-state index in [9.17, 15) is 4.79 Å². The quantitative estimate of drug-likeness (QED) is 0.797. The zero-order valence-electron chi connectivity index (χ0n) is 13.7. The summed E-state index contributed by atoms with van der Waals surface area (Å²) in [5.74, 6) is 0.471. The molecule has 0 aliphatic heterocycles. The number of hydrogen-bond donors (Lipinski definition) is 1. The summed E-state index contributed by atoms with van der Waals surface area (Å²) >= 11 is 0. The average molecular weight is 321 g/mol. The van der Waals surface area contributed by atoms with E-state index in [0.717, 1.165) is 11.3 Å². The normalized spacial score (nSPS) is 10.6. The van der Waals surface area contributed by atoms with Gasteiger partial charge in [0.1, 0.15) is 11.3 Å². The Morgan fingerprint density at radius 1 is 1.04 bits per heavy atom. The molecule has 2 aromatic heterocycles. The average Bonchev–Trinajstić information content (AvgIpc) is 2.63. The Morgan fingerprint density at radius 3 is 2.50 bits per heavy atom. The highest BCUT2D eigenvalue weighted by atomic mass is 16.2. The largest absolute Gasteiger partial charge is 0.325 e. The van der Waals surface area contributed by atoms with E-state index in [4.69, 9.17) is 0 Å². The Labute approximate surface area is 140 Å². The number of hydrogen-bond acceptors (Lipinski definition) is 4. The van der Waals surface area contributed by atoms with Gasteiger partial charge >= 0.3 is 6.03 Å². The Hall–Kier alpha value is -3.02. The molecular formula is C18H19N5O. The summed E-state index contributed by atoms with van der Waals surface area (Å²) in [7, 11) is 0. The predicted molar refractivity (Wildman–Crippen MR) is 94.7 cm³/mol. The maximum atomic E-state index is 12.1. The van der Waals surface area contributed by atoms with Gasteiger partial charge in [-0.1, -0.05) is 30.3 Å². The third-order valence-electron chi connectivity index (χ3n) is 3.76. The number of urea groups is 1. The number of benzene rings is 1. The molecule has 2 amide bonds. The van der Waals surface area contributed by atoms with Crippen molar-refractivity contribution >= 4 is 23.0 Å². The maximum Gasteiger partial charge on any atom is 0.322 e. The van der Waals surface area contributed by atoms with Crippen molar-refractivity contribution in [1.82, 2.24) is 19.9 Å². The van der Waals surface area contributed by atoms with Gasteiger partial charge in [0.05, 0.1) is 11.9 Å². The highest BCUT2D eigenvalue weighted by Crippen LogP contribution is 2.19. The van der Waals surface area contributed by atoms with Crippen molar-refractivity contribution in [1.29, 1.82) is 0 Å². The van der Waals surface area contributed by atoms with Gasteiger partial charge in [-0.25, -0.2) is 14.8 Å². The third kappa shape index (κ3) is 3.32. The molecule has 0 aliphatic carbocycles. The lowest BCUT2D eigenvalue weighted by atomic mass is 10.2. The second kappa shape index (κ2) is 7.04. The summed E-state index contributed by atoms with van der Waals surface area (Å²) in [5.41, 5.74) is 2.93. The number of anilines is 1. The molecule has 24 heavy (non-hydrogen) atoms. The first kappa shape index (κ1) is 15.9. The van der Waals surface area contributed by atoms with Crippen LogP contribution in [0.4, 0.5) is 10.6 Å². The second-order valence-corrected chi connectivity index (χ2v) is 5.26. The molecule has 0 aliphatic rings. The van der Waals surface area contributed by atoms with E-state index in [1.165, 1.54) is 0 Å². The first-order valence-corrected chi connectivity index (χ1v) is 7.96. The van der Waals surface area contributed by atoms with E-state index in [1.54, 1.807) is 17.2 Å². The van der Waals surface area contributed by atoms with Crippen molar-refractivity contribution in [3.8, 4) is 11.3 Å². The molecule has 0 fully saturated rings. The van der Waals surface area contributed by atoms with Crippen molar-refractivity contribution < 1.29 is 4.79 Å². The van der Waals surface area contributed by atoms with Gasteiger partial charge in [0.15, 0.2) is 5.65 Å². The molecule has 0 bridgehead atoms. The lowest BCUT2D eigenvalue weighted by Gasteiger charge is -2.18. The van der Waals surface area contributed by atoms with E-state index < -0.39 is 0 Å². The van der Waals surface area contributed by atoms with E-state index >= 15 is 0 Å². The number of carbonyl (C=O) groups excluding carboxylic acids is 1. The number of aromatic nitrogens is 3. The zero-order valence-corrected chi connectivity index (χ0v) is 13.7. The van der Waals surface area contributed by atoms with Crippen LogP contribution in [-0.2, 0) is 0 Å². The first-order chi connectivity index (χ1) is 11.7. The van der Waals surface area contributed by atoms with E-state index in [1.807, 2.05) is 50.2 Å². The summed E-state index contributed by atoms with van der Waals surface area (Å²) in [6.07, 6.45) is 1.73. The molecule has 0 saturated carbocycles. The Kier molecular flexibility index (Phi) is 4.65. The van der Waals surface area contributed by atoms with Gasteiger partial charge in [-0.05, 0) is 26.0 Å². The minimum atomic E-state index is -0.168. The number of pyridine rings is 1. The van der Waals surface area contributed by atoms with E-state index in [0.29, 0.717) is 30.1 Å². The fraction of sp³-hybridized carbons (Fsp3) is 0.222. The summed E-state index contributed by atoms with van der Waals surface area (Å²) < 4.78 is 0. The van der Waals surface area contributed by atoms with Crippen LogP contribution in [0.5, 0.6) is 0 Å². The molecule has 3 rings (SSSR count). The molecule has 6 nitrogen and oxygen atoms in total. The molecule has 0 saturated heterocycles. The number of rotatable bonds is 4. The Balaban J connectivity index is 1.91. The number of fused-ring (bicyclic) bond motifs is 1. The fourth-order valence-electron chi connectivity index (χ4n) is 2.41. The number of amides is 2. The summed E-state index contributed by atoms with van der Waals surface area (Å²) in [6.45, 7) is 5.17. The summed E-state index contributed by atoms with van der Waals surface area (Å²) in [5, 5.41) is 2.80. The van der Waals surface area contributed by atoms with Crippen molar-refractivity contribution in [3.63, 3.8) is 0 Å². The van der Waals surface area contributed by atoms with Crippen LogP contribution in [0.2, 0.25) is 0 Å². The van der Waals surface area contributed by atoms with Crippen LogP contribution >= 0.6 is 0 Å². The molecule has 122 valence electrons. The van der Waals surface area contributed by atoms with Gasteiger partial charge in [-0.2, -0.15) is 0 Å². The molecule has 0 atom stereocenters. The van der Waals surface area contributed by atoms with Crippen molar-refractivity contribution in [2.24, 2.45) is 0 Å². The molecule has 2 heterocycles. The van der Waals surface area contributed by atoms with Crippen LogP contribution in [0.25, 0.3) is 22.4 Å². The van der Waals surface area contributed by atoms with Gasteiger partial charge < -0.3 is 4.90 Å². The standard InChI is InChI=1S/C18H19N5O/c1-3-23(4-2)18(24)22-16-11-10-14-17(21-16)20-15(12-19-14)13-8-6-5-7-9-13/h5-12H,3-4H2,1-2H3,(H,20,21,22,24). The van der Waals surface area contributed by atoms with Crippen LogP contribution in [0.3, 0.4) is 0 Å². The lowest BCUT2D eigenvalue weighted by Crippen LogP contribution is -2.34. The molecule has 0 spiro atoms. The number of nitrogens with zero attached hydrogens (tertiary/aromatic N) is 4. The summed E-state index contributed by atoms with van der Waals surface area (Å²) in [6, 6.07) is 13.2. The van der Waals surface area contributed by atoms with Crippen molar-refractivity contribution in [2.75, 3.05) is 18.4 Å². The lowest BCUT2D eigenvalue weighted by molar-refractivity contribution is 0.217. The van der Waals surface area contributed by atoms with Crippen molar-refractivity contribution in [3.05, 3.63) is 48.7 Å². The fourth-order valence-corrected chi connectivity index (χ4v) is 2.41. The van der Waals surface area contributed by atoms with Gasteiger partial charge in [0.2, 0.25) is 0 Å². The minimum Gasteiger partial charge on any atom is -0.325 e. The smallest absolute Gasteiger partial charge is 0.322 e. The van der Waals surface area contributed by atoms with Crippen LogP contribution < -0.4 is 5.32 Å². The minimum absolute atomic E-state index is 0.168. The molecular weight excluding hydrogens is 302 g/mol. The highest BCUT2D eigenvalue weighted by molar-refractivity contribution is 5.89. The summed E-state index contributed by atoms with van der Waals surface area (Å²) in [4.78, 5) is 27.2. The van der Waals surface area contributed by atoms with Crippen LogP contribution in [0.15, 0.2) is 48.7 Å². The van der Waals surface area contributed by atoms with Crippen LogP contribution in [-0.4, -0.2) is 39.0 Å². The predicted octanol–water partition coefficient (Wildman–Crippen LogP) is 3.57. The molecule has 1 aromatic carbocycles. The maximum absolute atomic E-state index is 12.1. The SMILES string of the molecule is CCN(CC)C(=O)Nc1ccc2ncc(-c3ccccc3)nc2n1. The molecule has 0 unspecified atom stereocenters. The van der Waals surface area contributed by atoms with Gasteiger partial charge in [-0.15, -0.1) is 0 Å². The number of carbonyl (C=O) groups is 1. The third-order valence-corrected chi connectivity index (χ3v) is 3.76. The topological polar surface area (TPSA) is 71.0 Å². The Morgan fingerprint density at radius 2 is 1.79 bits per heavy atom. The molecule has 3 aromatic rings. The monoisotopic (exact) mass is 321 g/mol. The second-order valence-electron chi connectivity index (χ2n) is 5.26. The Bertz CT molecular complexity index is 846. The van der Waals surface area contributed by atoms with Crippen molar-refractivity contribution in [2.45, 2.75) is 13.8 Å². The van der Waals surface area contributed by atoms with E-state index in [2.05, 4.69) is 20.3 Å². The first-order valence-electron chi connectivity index (χ1n) is 7.96. The molecule has 0 radical (unpaired) electrons. The van der Waals surface area contributed by atoms with E-state index in [-0.39, 0.29) is 6.03 Å². The molecule has 1 N–H and O–H groups in total. The molecule has 6 heteroatoms. The van der Waals surface area contributed by atoms with Gasteiger partial charge in [0, 0.05) is 18.7 Å².